The van der Waals surface area contributed by atoms with Crippen molar-refractivity contribution in [1.82, 2.24) is 4.72 Å². The minimum Gasteiger partial charge on any atom is -0.289 e. The van der Waals surface area contributed by atoms with Crippen molar-refractivity contribution < 1.29 is 13.2 Å². The van der Waals surface area contributed by atoms with Gasteiger partial charge in [0, 0.05) is 0 Å². The third kappa shape index (κ3) is 5.45. The molecule has 0 aromatic carbocycles. The molecule has 0 heterocycles. The van der Waals surface area contributed by atoms with Crippen LogP contribution in [0.4, 0.5) is 0 Å². The lowest BCUT2D eigenvalue weighted by Crippen LogP contribution is -2.32. The van der Waals surface area contributed by atoms with E-state index in [1.807, 2.05) is 4.72 Å². The molecule has 53 valence electrons. The fourth-order valence-electron chi connectivity index (χ4n) is 0.345. The molecule has 0 rings (SSSR count). The van der Waals surface area contributed by atoms with Crippen LogP contribution < -0.4 is 4.72 Å². The van der Waals surface area contributed by atoms with Crippen LogP contribution in [0.1, 0.15) is 6.92 Å². The first-order valence-corrected chi connectivity index (χ1v) is 4.20. The minimum absolute atomic E-state index is 0.750. The van der Waals surface area contributed by atoms with Crippen LogP contribution in [0.5, 0.6) is 0 Å². The summed E-state index contributed by atoms with van der Waals surface area (Å²) in [7, 11) is -3.25. The van der Waals surface area contributed by atoms with E-state index in [0.717, 1.165) is 6.26 Å². The van der Waals surface area contributed by atoms with Crippen LogP contribution >= 0.6 is 0 Å². The van der Waals surface area contributed by atoms with E-state index in [2.05, 4.69) is 0 Å². The maximum absolute atomic E-state index is 10.3. The van der Waals surface area contributed by atoms with Gasteiger partial charge in [0.25, 0.3) is 0 Å². The van der Waals surface area contributed by atoms with Gasteiger partial charge in [0.05, 0.1) is 12.3 Å². The second-order valence-electron chi connectivity index (χ2n) is 1.73. The molecule has 0 aliphatic rings. The predicted molar refractivity (Wildman–Crippen MR) is 33.1 cm³/mol. The van der Waals surface area contributed by atoms with Crippen molar-refractivity contribution in [2.45, 2.75) is 13.0 Å². The Morgan fingerprint density at radius 2 is 2.00 bits per heavy atom. The molecule has 0 spiro atoms. The molecule has 0 saturated heterocycles. The summed E-state index contributed by atoms with van der Waals surface area (Å²) in [5.41, 5.74) is 0. The molecule has 0 aromatic rings. The molecule has 1 N–H and O–H groups in total. The zero-order valence-electron chi connectivity index (χ0n) is 5.21. The average Bonchev–Trinajstić information content (AvgIpc) is 1.62. The largest absolute Gasteiger partial charge is 0.289 e. The van der Waals surface area contributed by atoms with Crippen molar-refractivity contribution in [2.75, 3.05) is 6.26 Å². The fourth-order valence-corrected chi connectivity index (χ4v) is 1.04. The van der Waals surface area contributed by atoms with Crippen molar-refractivity contribution in [3.63, 3.8) is 0 Å². The molecule has 1 radical (unpaired) electrons. The molecule has 9 heavy (non-hydrogen) atoms. The molecule has 0 aromatic heterocycles. The van der Waals surface area contributed by atoms with Gasteiger partial charge in [-0.15, -0.1) is 0 Å². The molecule has 0 saturated carbocycles. The van der Waals surface area contributed by atoms with Crippen LogP contribution in [0.15, 0.2) is 0 Å². The van der Waals surface area contributed by atoms with E-state index in [0.29, 0.717) is 0 Å². The Kier molecular flexibility index (Phi) is 2.80. The zero-order valence-corrected chi connectivity index (χ0v) is 6.03. The Morgan fingerprint density at radius 1 is 1.56 bits per heavy atom. The Bertz CT molecular complexity index is 184. The molecule has 5 heteroatoms. The Hall–Kier alpha value is -0.420. The summed E-state index contributed by atoms with van der Waals surface area (Å²) in [4.78, 5) is 9.73. The number of carbonyl (C=O) groups excluding carboxylic acids is 1. The van der Waals surface area contributed by atoms with Gasteiger partial charge in [-0.05, 0) is 6.92 Å². The highest BCUT2D eigenvalue weighted by Gasteiger charge is 2.06. The number of hydrogen-bond donors (Lipinski definition) is 1. The predicted octanol–water partition coefficient (Wildman–Crippen LogP) is -0.966. The summed E-state index contributed by atoms with van der Waals surface area (Å²) in [6.45, 7) is 1.41. The van der Waals surface area contributed by atoms with E-state index in [-0.39, 0.29) is 0 Å². The number of rotatable bonds is 3. The Labute approximate surface area is 54.3 Å². The highest BCUT2D eigenvalue weighted by atomic mass is 32.2. The number of nitrogens with one attached hydrogen (secondary N) is 1. The smallest absolute Gasteiger partial charge is 0.217 e. The van der Waals surface area contributed by atoms with Gasteiger partial charge in [0.15, 0.2) is 0 Å². The van der Waals surface area contributed by atoms with Crippen molar-refractivity contribution in [2.24, 2.45) is 0 Å². The normalized spacial score (nSPS) is 14.9. The van der Waals surface area contributed by atoms with Gasteiger partial charge < -0.3 is 0 Å². The summed E-state index contributed by atoms with van der Waals surface area (Å²) in [5.74, 6) is 0. The minimum atomic E-state index is -3.25. The second-order valence-corrected chi connectivity index (χ2v) is 3.51. The standard InChI is InChI=1S/C4H8NO3S/c1-4(3-6)5-9(2,7)8/h4-5H,1-2H3. The summed E-state index contributed by atoms with van der Waals surface area (Å²) < 4.78 is 22.6. The summed E-state index contributed by atoms with van der Waals surface area (Å²) in [5, 5.41) is 0. The van der Waals surface area contributed by atoms with Gasteiger partial charge in [-0.1, -0.05) is 0 Å². The van der Waals surface area contributed by atoms with Crippen molar-refractivity contribution >= 4 is 16.3 Å². The average molecular weight is 150 g/mol. The molecule has 0 aliphatic carbocycles. The zero-order chi connectivity index (χ0) is 7.49. The topological polar surface area (TPSA) is 63.2 Å². The van der Waals surface area contributed by atoms with Crippen molar-refractivity contribution in [3.8, 4) is 0 Å². The lowest BCUT2D eigenvalue weighted by Gasteiger charge is -2.00. The summed E-state index contributed by atoms with van der Waals surface area (Å²) >= 11 is 0. The van der Waals surface area contributed by atoms with Gasteiger partial charge in [-0.25, -0.2) is 13.1 Å². The lowest BCUT2D eigenvalue weighted by molar-refractivity contribution is 0.535. The molecule has 0 aliphatic heterocycles. The Morgan fingerprint density at radius 3 is 2.11 bits per heavy atom. The first-order valence-electron chi connectivity index (χ1n) is 2.30. The van der Waals surface area contributed by atoms with Gasteiger partial charge in [0.1, 0.15) is 0 Å². The molecule has 0 bridgehead atoms. The highest BCUT2D eigenvalue weighted by Crippen LogP contribution is 1.78. The first-order chi connectivity index (χ1) is 3.95. The van der Waals surface area contributed by atoms with E-state index < -0.39 is 16.1 Å². The third-order valence-electron chi connectivity index (χ3n) is 0.568. The fraction of sp³-hybridized carbons (Fsp3) is 0.750. The first kappa shape index (κ1) is 8.58. The number of hydrogen-bond acceptors (Lipinski definition) is 3. The van der Waals surface area contributed by atoms with Crippen molar-refractivity contribution in [1.29, 1.82) is 0 Å². The van der Waals surface area contributed by atoms with Crippen LogP contribution in [0.25, 0.3) is 0 Å². The number of sulfonamides is 1. The van der Waals surface area contributed by atoms with Crippen LogP contribution in [0.3, 0.4) is 0 Å². The van der Waals surface area contributed by atoms with E-state index in [1.165, 1.54) is 13.2 Å². The molecule has 0 fully saturated rings. The third-order valence-corrected chi connectivity index (χ3v) is 1.35. The van der Waals surface area contributed by atoms with Gasteiger partial charge in [0.2, 0.25) is 16.3 Å². The van der Waals surface area contributed by atoms with Gasteiger partial charge >= 0.3 is 0 Å². The molecule has 1 unspecified atom stereocenters. The van der Waals surface area contributed by atoms with E-state index >= 15 is 0 Å². The molecule has 0 amide bonds. The van der Waals surface area contributed by atoms with Crippen molar-refractivity contribution in [3.05, 3.63) is 0 Å². The van der Waals surface area contributed by atoms with E-state index in [9.17, 15) is 13.2 Å². The lowest BCUT2D eigenvalue weighted by atomic mass is 10.4. The van der Waals surface area contributed by atoms with Crippen LogP contribution in [0, 0.1) is 0 Å². The molecule has 4 nitrogen and oxygen atoms in total. The Balaban J connectivity index is 3.89. The molecular formula is C4H8NO3S. The van der Waals surface area contributed by atoms with E-state index in [1.54, 1.807) is 0 Å². The summed E-state index contributed by atoms with van der Waals surface area (Å²) in [6.07, 6.45) is 2.47. The monoisotopic (exact) mass is 150 g/mol. The van der Waals surface area contributed by atoms with Crippen LogP contribution in [0.2, 0.25) is 0 Å². The van der Waals surface area contributed by atoms with Gasteiger partial charge in [-0.2, -0.15) is 0 Å². The second kappa shape index (κ2) is 2.93. The van der Waals surface area contributed by atoms with Crippen LogP contribution in [-0.2, 0) is 14.8 Å². The molecular weight excluding hydrogens is 142 g/mol. The maximum atomic E-state index is 10.3. The quantitative estimate of drug-likeness (QED) is 0.563. The SMILES string of the molecule is CC([C]=O)NS(C)(=O)=O. The van der Waals surface area contributed by atoms with Crippen LogP contribution in [-0.4, -0.2) is 27.0 Å². The van der Waals surface area contributed by atoms with Gasteiger partial charge in [-0.3, -0.25) is 4.79 Å². The highest BCUT2D eigenvalue weighted by molar-refractivity contribution is 7.88. The van der Waals surface area contributed by atoms with E-state index in [4.69, 9.17) is 0 Å². The maximum Gasteiger partial charge on any atom is 0.217 e. The molecule has 1 atom stereocenters. The summed E-state index contributed by atoms with van der Waals surface area (Å²) in [6, 6.07) is -0.750.